The fraction of sp³-hybridized carbons (Fsp3) is 0.611. The number of nitrogens with one attached hydrogen (secondary N) is 2. The summed E-state index contributed by atoms with van der Waals surface area (Å²) in [5.74, 6) is 0.258. The van der Waals surface area contributed by atoms with Crippen molar-refractivity contribution >= 4 is 18.0 Å². The Hall–Kier alpha value is -2.40. The van der Waals surface area contributed by atoms with E-state index in [9.17, 15) is 13.2 Å². The van der Waals surface area contributed by atoms with Crippen LogP contribution >= 0.6 is 0 Å². The van der Waals surface area contributed by atoms with Gasteiger partial charge in [0.15, 0.2) is 6.54 Å². The van der Waals surface area contributed by atoms with Crippen molar-refractivity contribution in [2.24, 2.45) is 5.92 Å². The Morgan fingerprint density at radius 2 is 2.17 bits per heavy atom. The Kier molecular flexibility index (Phi) is 5.34. The van der Waals surface area contributed by atoms with Gasteiger partial charge < -0.3 is 20.8 Å². The summed E-state index contributed by atoms with van der Waals surface area (Å²) in [7, 11) is 1.40. The first kappa shape index (κ1) is 19.9. The molecule has 3 aliphatic heterocycles. The van der Waals surface area contributed by atoms with Crippen molar-refractivity contribution < 1.29 is 22.6 Å². The van der Waals surface area contributed by atoms with Crippen molar-refractivity contribution in [2.75, 3.05) is 50.5 Å². The van der Waals surface area contributed by atoms with Crippen LogP contribution in [0.25, 0.3) is 5.43 Å². The molecule has 0 aliphatic carbocycles. The summed E-state index contributed by atoms with van der Waals surface area (Å²) in [6.07, 6.45) is -0.520. The molecule has 11 heteroatoms. The summed E-state index contributed by atoms with van der Waals surface area (Å²) in [5.41, 5.74) is 5.17. The van der Waals surface area contributed by atoms with Crippen LogP contribution in [0, 0.1) is 5.92 Å². The van der Waals surface area contributed by atoms with E-state index in [-0.39, 0.29) is 11.8 Å². The van der Waals surface area contributed by atoms with Gasteiger partial charge in [-0.3, -0.25) is 9.58 Å². The van der Waals surface area contributed by atoms with Gasteiger partial charge in [0.1, 0.15) is 17.6 Å². The zero-order valence-corrected chi connectivity index (χ0v) is 16.3. The van der Waals surface area contributed by atoms with Crippen LogP contribution in [0.1, 0.15) is 18.9 Å². The highest BCUT2D eigenvalue weighted by Gasteiger charge is 2.35. The number of aromatic nitrogens is 2. The minimum absolute atomic E-state index is 0.103. The lowest BCUT2D eigenvalue weighted by atomic mass is 10.1. The number of anilines is 2. The Labute approximate surface area is 166 Å². The van der Waals surface area contributed by atoms with E-state index < -0.39 is 11.7 Å². The lowest BCUT2D eigenvalue weighted by Crippen LogP contribution is -2.47. The number of halogens is 3. The number of allylic oxidation sites excluding steroid dienone is 1. The molecular weight excluding hydrogens is 387 g/mol. The van der Waals surface area contributed by atoms with Crippen molar-refractivity contribution in [3.63, 3.8) is 0 Å². The van der Waals surface area contributed by atoms with Gasteiger partial charge in [-0.15, -0.1) is 0 Å². The fourth-order valence-electron chi connectivity index (χ4n) is 3.70. The molecule has 3 aliphatic rings. The second kappa shape index (κ2) is 7.79. The van der Waals surface area contributed by atoms with E-state index in [0.29, 0.717) is 18.5 Å². The maximum absolute atomic E-state index is 13.0. The maximum atomic E-state index is 13.0. The molecule has 2 N–H and O–H groups in total. The van der Waals surface area contributed by atoms with Gasteiger partial charge in [-0.2, -0.15) is 18.2 Å². The number of likely N-dealkylation sites (tertiary alicyclic amines) is 1. The number of alkyl halides is 3. The van der Waals surface area contributed by atoms with Crippen LogP contribution in [0.15, 0.2) is 17.6 Å². The molecule has 4 rings (SSSR count). The minimum atomic E-state index is -4.51. The van der Waals surface area contributed by atoms with Crippen LogP contribution in [0.3, 0.4) is 0 Å². The lowest BCUT2D eigenvalue weighted by molar-refractivity contribution is -0.454. The summed E-state index contributed by atoms with van der Waals surface area (Å²) < 4.78 is 46.1. The van der Waals surface area contributed by atoms with Crippen LogP contribution in [0.5, 0.6) is 0 Å². The van der Waals surface area contributed by atoms with Gasteiger partial charge >= 0.3 is 6.18 Å². The van der Waals surface area contributed by atoms with Gasteiger partial charge in [0.25, 0.3) is 0 Å². The average molecular weight is 411 g/mol. The maximum Gasteiger partial charge on any atom is 0.421 e. The number of hydrogen-bond donors (Lipinski definition) is 2. The third-order valence-electron chi connectivity index (χ3n) is 5.40. The Morgan fingerprint density at radius 1 is 1.38 bits per heavy atom. The molecule has 2 saturated heterocycles. The van der Waals surface area contributed by atoms with E-state index in [2.05, 4.69) is 37.1 Å². The Balaban J connectivity index is 1.39. The predicted molar refractivity (Wildman–Crippen MR) is 102 cm³/mol. The molecule has 1 aromatic rings. The highest BCUT2D eigenvalue weighted by atomic mass is 19.4. The van der Waals surface area contributed by atoms with Crippen LogP contribution in [0.4, 0.5) is 24.9 Å². The molecule has 0 aromatic carbocycles. The molecule has 0 amide bonds. The van der Waals surface area contributed by atoms with Crippen LogP contribution in [-0.2, 0) is 10.9 Å². The molecular formula is C18H24F3N7O. The molecule has 1 unspecified atom stereocenters. The van der Waals surface area contributed by atoms with Gasteiger partial charge in [0, 0.05) is 25.7 Å². The zero-order valence-electron chi connectivity index (χ0n) is 16.3. The molecule has 29 heavy (non-hydrogen) atoms. The van der Waals surface area contributed by atoms with E-state index >= 15 is 0 Å². The smallest absolute Gasteiger partial charge is 0.413 e. The SMILES string of the molecule is CNc1nc(NC2=C(C)[N-]/[N+](=C\C3CCN(C4COC4)C3)C2)ncc1C(F)(F)F. The van der Waals surface area contributed by atoms with Gasteiger partial charge in [0.2, 0.25) is 5.95 Å². The minimum Gasteiger partial charge on any atom is -0.413 e. The van der Waals surface area contributed by atoms with E-state index in [0.717, 1.165) is 50.3 Å². The Morgan fingerprint density at radius 3 is 2.83 bits per heavy atom. The summed E-state index contributed by atoms with van der Waals surface area (Å²) in [6, 6.07) is 0.541. The first-order chi connectivity index (χ1) is 13.8. The molecule has 0 radical (unpaired) electrons. The average Bonchev–Trinajstić information content (AvgIpc) is 3.19. The van der Waals surface area contributed by atoms with Crippen molar-refractivity contribution in [2.45, 2.75) is 25.6 Å². The van der Waals surface area contributed by atoms with Crippen molar-refractivity contribution in [3.05, 3.63) is 28.6 Å². The first-order valence-corrected chi connectivity index (χ1v) is 9.57. The first-order valence-electron chi connectivity index (χ1n) is 9.57. The summed E-state index contributed by atoms with van der Waals surface area (Å²) in [5, 5.41) is 5.49. The highest BCUT2D eigenvalue weighted by Crippen LogP contribution is 2.34. The molecule has 158 valence electrons. The van der Waals surface area contributed by atoms with Gasteiger partial charge in [0.05, 0.1) is 25.0 Å². The lowest BCUT2D eigenvalue weighted by Gasteiger charge is -2.34. The van der Waals surface area contributed by atoms with Crippen LogP contribution in [0.2, 0.25) is 0 Å². The second-order valence-corrected chi connectivity index (χ2v) is 7.47. The van der Waals surface area contributed by atoms with E-state index in [1.807, 2.05) is 11.6 Å². The summed E-state index contributed by atoms with van der Waals surface area (Å²) in [6.45, 7) is 6.05. The monoisotopic (exact) mass is 411 g/mol. The molecule has 0 spiro atoms. The van der Waals surface area contributed by atoms with E-state index in [1.165, 1.54) is 7.05 Å². The van der Waals surface area contributed by atoms with E-state index in [4.69, 9.17) is 4.74 Å². The van der Waals surface area contributed by atoms with Crippen molar-refractivity contribution in [1.82, 2.24) is 14.9 Å². The molecule has 1 atom stereocenters. The standard InChI is InChI=1S/C18H24F3N7O/c1-11-15(24-17-23-5-14(18(19,20)21)16(22-2)25-17)8-28(26-11)7-12-3-4-27(6-12)13-9-29-10-13/h5,7,12-13H,3-4,6,8-10H2,1-2H3,(H2,22,23,24,25)/b28-7-. The number of nitrogens with zero attached hydrogens (tertiary/aromatic N) is 5. The van der Waals surface area contributed by atoms with Crippen molar-refractivity contribution in [1.29, 1.82) is 0 Å². The topological polar surface area (TPSA) is 79.4 Å². The molecule has 0 saturated carbocycles. The Bertz CT molecular complexity index is 835. The molecule has 2 fully saturated rings. The second-order valence-electron chi connectivity index (χ2n) is 7.47. The number of ether oxygens (including phenoxy) is 1. The predicted octanol–water partition coefficient (Wildman–Crippen LogP) is 2.29. The fourth-order valence-corrected chi connectivity index (χ4v) is 3.70. The van der Waals surface area contributed by atoms with Crippen LogP contribution < -0.4 is 10.6 Å². The largest absolute Gasteiger partial charge is 0.421 e. The van der Waals surface area contributed by atoms with E-state index in [1.54, 1.807) is 0 Å². The molecule has 4 heterocycles. The number of hydrogen-bond acceptors (Lipinski definition) is 6. The number of rotatable bonds is 5. The van der Waals surface area contributed by atoms with Crippen molar-refractivity contribution in [3.8, 4) is 0 Å². The van der Waals surface area contributed by atoms with Crippen LogP contribution in [-0.4, -0.2) is 71.7 Å². The van der Waals surface area contributed by atoms with Gasteiger partial charge in [-0.25, -0.2) is 4.98 Å². The molecule has 1 aromatic heterocycles. The quantitative estimate of drug-likeness (QED) is 0.724. The summed E-state index contributed by atoms with van der Waals surface area (Å²) >= 11 is 0. The third kappa shape index (κ3) is 4.30. The molecule has 0 bridgehead atoms. The normalized spacial score (nSPS) is 24.7. The van der Waals surface area contributed by atoms with Gasteiger partial charge in [-0.1, -0.05) is 12.6 Å². The van der Waals surface area contributed by atoms with Gasteiger partial charge in [-0.05, 0) is 13.0 Å². The summed E-state index contributed by atoms with van der Waals surface area (Å²) in [4.78, 5) is 10.2. The zero-order chi connectivity index (χ0) is 20.6. The molecule has 8 nitrogen and oxygen atoms in total. The third-order valence-corrected chi connectivity index (χ3v) is 5.40. The highest BCUT2D eigenvalue weighted by molar-refractivity contribution is 5.58.